The van der Waals surface area contributed by atoms with E-state index in [1.54, 1.807) is 13.8 Å². The topological polar surface area (TPSA) is 77.0 Å². The number of Topliss-reactive ketones (excluding diaryl/α,β-unsaturated/α-hetero) is 1. The molecule has 5 nitrogen and oxygen atoms in total. The van der Waals surface area contributed by atoms with E-state index in [4.69, 9.17) is 0 Å². The minimum absolute atomic E-state index is 0.164. The van der Waals surface area contributed by atoms with E-state index < -0.39 is 9.84 Å². The lowest BCUT2D eigenvalue weighted by atomic mass is 10.0. The number of carbonyl (C=O) groups excluding carboxylic acids is 1. The molecule has 0 amide bonds. The number of benzene rings is 1. The van der Waals surface area contributed by atoms with Gasteiger partial charge in [0.25, 0.3) is 0 Å². The van der Waals surface area contributed by atoms with Gasteiger partial charge < -0.3 is 0 Å². The van der Waals surface area contributed by atoms with E-state index in [0.29, 0.717) is 19.3 Å². The highest BCUT2D eigenvalue weighted by molar-refractivity contribution is 7.91. The number of hydrogen-bond donors (Lipinski definition) is 0. The predicted octanol–water partition coefficient (Wildman–Crippen LogP) is 3.19. The number of nitrogens with zero attached hydrogens (tertiary/aromatic N) is 2. The number of ketones is 1. The van der Waals surface area contributed by atoms with Crippen LogP contribution in [0.1, 0.15) is 45.1 Å². The fourth-order valence-corrected chi connectivity index (χ4v) is 3.99. The van der Waals surface area contributed by atoms with Crippen molar-refractivity contribution in [3.63, 3.8) is 0 Å². The molecule has 0 radical (unpaired) electrons. The van der Waals surface area contributed by atoms with Crippen molar-refractivity contribution < 1.29 is 13.2 Å². The standard InChI is InChI=1S/C16H22N2O3S2/c1-12(2)23(20,21)10-5-3-4-8-14(19)11-13-7-6-9-15-16(13)18-22-17-15/h6-7,9,12H,3-5,8,10-11H2,1-2H3. The first kappa shape index (κ1) is 18.0. The summed E-state index contributed by atoms with van der Waals surface area (Å²) in [6.45, 7) is 3.40. The Bertz CT molecular complexity index is 766. The summed E-state index contributed by atoms with van der Waals surface area (Å²) >= 11 is 1.15. The summed E-state index contributed by atoms with van der Waals surface area (Å²) in [6.07, 6.45) is 2.97. The summed E-state index contributed by atoms with van der Waals surface area (Å²) in [5, 5.41) is -0.323. The average molecular weight is 354 g/mol. The SMILES string of the molecule is CC(C)S(=O)(=O)CCCCCC(=O)Cc1cccc2nsnc12. The molecule has 0 unspecified atom stereocenters. The summed E-state index contributed by atoms with van der Waals surface area (Å²) in [6, 6.07) is 5.70. The molecule has 0 fully saturated rings. The first-order valence-electron chi connectivity index (χ1n) is 7.83. The highest BCUT2D eigenvalue weighted by Gasteiger charge is 2.15. The van der Waals surface area contributed by atoms with Crippen molar-refractivity contribution in [2.75, 3.05) is 5.75 Å². The lowest BCUT2D eigenvalue weighted by Gasteiger charge is -2.07. The van der Waals surface area contributed by atoms with Crippen LogP contribution in [0.5, 0.6) is 0 Å². The number of aromatic nitrogens is 2. The van der Waals surface area contributed by atoms with Crippen molar-refractivity contribution in [1.82, 2.24) is 8.75 Å². The third kappa shape index (κ3) is 5.07. The van der Waals surface area contributed by atoms with Crippen LogP contribution >= 0.6 is 11.7 Å². The molecule has 1 heterocycles. The van der Waals surface area contributed by atoms with Gasteiger partial charge >= 0.3 is 0 Å². The molecule has 1 aromatic carbocycles. The van der Waals surface area contributed by atoms with Crippen molar-refractivity contribution in [3.05, 3.63) is 23.8 Å². The molecule has 0 atom stereocenters. The van der Waals surface area contributed by atoms with Gasteiger partial charge in [-0.1, -0.05) is 18.6 Å². The van der Waals surface area contributed by atoms with Gasteiger partial charge in [-0.05, 0) is 38.3 Å². The van der Waals surface area contributed by atoms with Crippen molar-refractivity contribution in [2.24, 2.45) is 0 Å². The highest BCUT2D eigenvalue weighted by atomic mass is 32.2. The van der Waals surface area contributed by atoms with Crippen LogP contribution in [0.25, 0.3) is 11.0 Å². The number of sulfone groups is 1. The van der Waals surface area contributed by atoms with Crippen LogP contribution in [0.2, 0.25) is 0 Å². The molecule has 0 spiro atoms. The lowest BCUT2D eigenvalue weighted by molar-refractivity contribution is -0.118. The van der Waals surface area contributed by atoms with E-state index in [1.807, 2.05) is 18.2 Å². The summed E-state index contributed by atoms with van der Waals surface area (Å²) in [5.74, 6) is 0.375. The molecule has 0 aliphatic rings. The van der Waals surface area contributed by atoms with Crippen LogP contribution in [0.15, 0.2) is 18.2 Å². The Hall–Kier alpha value is -1.34. The largest absolute Gasteiger partial charge is 0.299 e. The Morgan fingerprint density at radius 1 is 1.17 bits per heavy atom. The van der Waals surface area contributed by atoms with E-state index in [1.165, 1.54) is 0 Å². The fraction of sp³-hybridized carbons (Fsp3) is 0.562. The van der Waals surface area contributed by atoms with Gasteiger partial charge in [-0.25, -0.2) is 8.42 Å². The maximum atomic E-state index is 12.1. The monoisotopic (exact) mass is 354 g/mol. The summed E-state index contributed by atoms with van der Waals surface area (Å²) in [7, 11) is -2.96. The first-order chi connectivity index (χ1) is 10.9. The molecule has 1 aromatic heterocycles. The van der Waals surface area contributed by atoms with Crippen LogP contribution in [-0.4, -0.2) is 34.0 Å². The lowest BCUT2D eigenvalue weighted by Crippen LogP contribution is -2.17. The number of rotatable bonds is 9. The van der Waals surface area contributed by atoms with Gasteiger partial charge in [-0.2, -0.15) is 8.75 Å². The van der Waals surface area contributed by atoms with E-state index >= 15 is 0 Å². The zero-order chi connectivity index (χ0) is 16.9. The molecule has 0 saturated heterocycles. The van der Waals surface area contributed by atoms with Gasteiger partial charge in [0.1, 0.15) is 16.8 Å². The minimum atomic E-state index is -2.96. The molecule has 0 aliphatic carbocycles. The van der Waals surface area contributed by atoms with Crippen molar-refractivity contribution in [2.45, 2.75) is 51.2 Å². The number of fused-ring (bicyclic) bond motifs is 1. The molecule has 0 bridgehead atoms. The molecule has 2 rings (SSSR count). The zero-order valence-corrected chi connectivity index (χ0v) is 15.1. The van der Waals surface area contributed by atoms with Gasteiger partial charge in [0.15, 0.2) is 9.84 Å². The molecule has 2 aromatic rings. The van der Waals surface area contributed by atoms with Gasteiger partial charge in [-0.15, -0.1) is 0 Å². The van der Waals surface area contributed by atoms with E-state index in [0.717, 1.165) is 41.2 Å². The summed E-state index contributed by atoms with van der Waals surface area (Å²) in [5.41, 5.74) is 2.57. The van der Waals surface area contributed by atoms with Gasteiger partial charge in [0.05, 0.1) is 22.7 Å². The first-order valence-corrected chi connectivity index (χ1v) is 10.3. The smallest absolute Gasteiger partial charge is 0.152 e. The van der Waals surface area contributed by atoms with Crippen molar-refractivity contribution in [3.8, 4) is 0 Å². The maximum Gasteiger partial charge on any atom is 0.152 e. The molecule has 0 N–H and O–H groups in total. The van der Waals surface area contributed by atoms with Gasteiger partial charge in [-0.3, -0.25) is 4.79 Å². The Balaban J connectivity index is 1.75. The Morgan fingerprint density at radius 2 is 1.96 bits per heavy atom. The van der Waals surface area contributed by atoms with Crippen molar-refractivity contribution in [1.29, 1.82) is 0 Å². The quantitative estimate of drug-likeness (QED) is 0.646. The normalized spacial score (nSPS) is 12.1. The van der Waals surface area contributed by atoms with E-state index in [-0.39, 0.29) is 16.8 Å². The number of unbranched alkanes of at least 4 members (excludes halogenated alkanes) is 2. The van der Waals surface area contributed by atoms with Gasteiger partial charge in [0.2, 0.25) is 0 Å². The predicted molar refractivity (Wildman–Crippen MR) is 93.5 cm³/mol. The molecule has 126 valence electrons. The van der Waals surface area contributed by atoms with Crippen LogP contribution in [0.4, 0.5) is 0 Å². The number of carbonyl (C=O) groups is 1. The molecular formula is C16H22N2O3S2. The van der Waals surface area contributed by atoms with Crippen LogP contribution < -0.4 is 0 Å². The molecule has 7 heteroatoms. The highest BCUT2D eigenvalue weighted by Crippen LogP contribution is 2.18. The number of hydrogen-bond acceptors (Lipinski definition) is 6. The molecule has 23 heavy (non-hydrogen) atoms. The second kappa shape index (κ2) is 7.97. The third-order valence-electron chi connectivity index (χ3n) is 3.86. The summed E-state index contributed by atoms with van der Waals surface area (Å²) in [4.78, 5) is 12.1. The maximum absolute atomic E-state index is 12.1. The fourth-order valence-electron chi connectivity index (χ4n) is 2.34. The molecular weight excluding hydrogens is 332 g/mol. The minimum Gasteiger partial charge on any atom is -0.299 e. The van der Waals surface area contributed by atoms with Crippen LogP contribution in [0, 0.1) is 0 Å². The Labute approximate surface area is 141 Å². The molecule has 0 saturated carbocycles. The van der Waals surface area contributed by atoms with Gasteiger partial charge in [0, 0.05) is 12.8 Å². The second-order valence-corrected chi connectivity index (χ2v) is 9.20. The van der Waals surface area contributed by atoms with Crippen LogP contribution in [0.3, 0.4) is 0 Å². The van der Waals surface area contributed by atoms with E-state index in [2.05, 4.69) is 8.75 Å². The second-order valence-electron chi connectivity index (χ2n) is 5.99. The average Bonchev–Trinajstić information content (AvgIpc) is 2.96. The molecule has 0 aliphatic heterocycles. The zero-order valence-electron chi connectivity index (χ0n) is 13.5. The van der Waals surface area contributed by atoms with E-state index in [9.17, 15) is 13.2 Å². The third-order valence-corrected chi connectivity index (χ3v) is 6.70. The Kier molecular flexibility index (Phi) is 6.24. The summed E-state index contributed by atoms with van der Waals surface area (Å²) < 4.78 is 31.8. The Morgan fingerprint density at radius 3 is 2.70 bits per heavy atom. The van der Waals surface area contributed by atoms with Crippen LogP contribution in [-0.2, 0) is 21.1 Å². The van der Waals surface area contributed by atoms with Crippen molar-refractivity contribution >= 4 is 38.4 Å².